The number of ether oxygens (including phenoxy) is 1. The van der Waals surface area contributed by atoms with Gasteiger partial charge < -0.3 is 14.5 Å². The van der Waals surface area contributed by atoms with E-state index in [1.807, 2.05) is 0 Å². The van der Waals surface area contributed by atoms with Crippen LogP contribution in [0.15, 0.2) is 65.1 Å². The summed E-state index contributed by atoms with van der Waals surface area (Å²) in [4.78, 5) is 33.9. The standard InChI is InChI=1S/C19H13FN2O6/c20-14-3-1-2-4-15(14)21-18(23)11-27-19(24)17-10-9-16(28-17)12-5-7-13(8-6-12)22(25)26/h1-10H,11H2,(H,21,23). The van der Waals surface area contributed by atoms with Crippen LogP contribution in [0, 0.1) is 15.9 Å². The number of esters is 1. The molecule has 0 fully saturated rings. The molecule has 0 saturated heterocycles. The third-order valence-electron chi connectivity index (χ3n) is 3.65. The minimum atomic E-state index is -0.878. The highest BCUT2D eigenvalue weighted by molar-refractivity contribution is 5.94. The number of nitrogens with zero attached hydrogens (tertiary/aromatic N) is 1. The van der Waals surface area contributed by atoms with Gasteiger partial charge in [-0.05, 0) is 36.4 Å². The highest BCUT2D eigenvalue weighted by Crippen LogP contribution is 2.24. The molecule has 8 nitrogen and oxygen atoms in total. The summed E-state index contributed by atoms with van der Waals surface area (Å²) < 4.78 is 23.7. The average Bonchev–Trinajstić information content (AvgIpc) is 3.18. The molecule has 0 saturated carbocycles. The van der Waals surface area contributed by atoms with Crippen LogP contribution in [0.3, 0.4) is 0 Å². The van der Waals surface area contributed by atoms with E-state index >= 15 is 0 Å². The Morgan fingerprint density at radius 2 is 1.79 bits per heavy atom. The molecule has 28 heavy (non-hydrogen) atoms. The molecule has 0 unspecified atom stereocenters. The van der Waals surface area contributed by atoms with Crippen LogP contribution in [0.2, 0.25) is 0 Å². The van der Waals surface area contributed by atoms with Crippen LogP contribution in [-0.2, 0) is 9.53 Å². The first-order valence-corrected chi connectivity index (χ1v) is 8.00. The molecule has 0 bridgehead atoms. The minimum absolute atomic E-state index is 0.0259. The zero-order chi connectivity index (χ0) is 20.1. The van der Waals surface area contributed by atoms with Crippen LogP contribution < -0.4 is 5.32 Å². The van der Waals surface area contributed by atoms with Crippen molar-refractivity contribution in [3.05, 3.63) is 82.4 Å². The summed E-state index contributed by atoms with van der Waals surface area (Å²) in [6, 6.07) is 14.0. The summed E-state index contributed by atoms with van der Waals surface area (Å²) in [5.41, 5.74) is 0.430. The molecule has 9 heteroatoms. The van der Waals surface area contributed by atoms with Crippen LogP contribution in [0.25, 0.3) is 11.3 Å². The van der Waals surface area contributed by atoms with Gasteiger partial charge in [-0.2, -0.15) is 0 Å². The predicted molar refractivity (Wildman–Crippen MR) is 96.1 cm³/mol. The lowest BCUT2D eigenvalue weighted by Gasteiger charge is -2.06. The van der Waals surface area contributed by atoms with Crippen LogP contribution in [0.4, 0.5) is 15.8 Å². The maximum atomic E-state index is 13.5. The number of halogens is 1. The third-order valence-corrected chi connectivity index (χ3v) is 3.65. The molecular formula is C19H13FN2O6. The number of amides is 1. The fourth-order valence-corrected chi connectivity index (χ4v) is 2.30. The van der Waals surface area contributed by atoms with Crippen molar-refractivity contribution in [2.45, 2.75) is 0 Å². The molecule has 1 aromatic heterocycles. The van der Waals surface area contributed by atoms with Gasteiger partial charge in [0.25, 0.3) is 11.6 Å². The van der Waals surface area contributed by atoms with E-state index in [-0.39, 0.29) is 17.1 Å². The largest absolute Gasteiger partial charge is 0.450 e. The number of carbonyl (C=O) groups is 2. The zero-order valence-electron chi connectivity index (χ0n) is 14.3. The molecule has 0 aliphatic rings. The second-order valence-corrected chi connectivity index (χ2v) is 5.57. The van der Waals surface area contributed by atoms with Gasteiger partial charge in [0.2, 0.25) is 5.76 Å². The first-order chi connectivity index (χ1) is 13.4. The Kier molecular flexibility index (Phi) is 5.45. The van der Waals surface area contributed by atoms with Crippen molar-refractivity contribution in [3.63, 3.8) is 0 Å². The van der Waals surface area contributed by atoms with Gasteiger partial charge in [-0.15, -0.1) is 0 Å². The molecular weight excluding hydrogens is 371 g/mol. The van der Waals surface area contributed by atoms with Gasteiger partial charge in [0.05, 0.1) is 10.6 Å². The number of para-hydroxylation sites is 1. The highest BCUT2D eigenvalue weighted by Gasteiger charge is 2.16. The predicted octanol–water partition coefficient (Wildman–Crippen LogP) is 3.79. The first-order valence-electron chi connectivity index (χ1n) is 8.00. The number of nitro groups is 1. The van der Waals surface area contributed by atoms with Crippen molar-refractivity contribution >= 4 is 23.3 Å². The molecule has 0 aliphatic heterocycles. The van der Waals surface area contributed by atoms with E-state index in [2.05, 4.69) is 5.32 Å². The van der Waals surface area contributed by atoms with Crippen molar-refractivity contribution in [3.8, 4) is 11.3 Å². The Bertz CT molecular complexity index is 1030. The molecule has 1 amide bonds. The molecule has 3 aromatic rings. The summed E-state index contributed by atoms with van der Waals surface area (Å²) in [5, 5.41) is 13.0. The number of hydrogen-bond acceptors (Lipinski definition) is 6. The number of nitrogens with one attached hydrogen (secondary N) is 1. The number of anilines is 1. The smallest absolute Gasteiger partial charge is 0.374 e. The molecule has 0 spiro atoms. The van der Waals surface area contributed by atoms with Crippen LogP contribution in [-0.4, -0.2) is 23.4 Å². The van der Waals surface area contributed by atoms with Gasteiger partial charge in [-0.3, -0.25) is 14.9 Å². The monoisotopic (exact) mass is 384 g/mol. The number of nitro benzene ring substituents is 1. The van der Waals surface area contributed by atoms with Crippen molar-refractivity contribution in [2.24, 2.45) is 0 Å². The van der Waals surface area contributed by atoms with E-state index < -0.39 is 29.2 Å². The molecule has 0 aliphatic carbocycles. The molecule has 1 heterocycles. The van der Waals surface area contributed by atoms with Gasteiger partial charge in [-0.1, -0.05) is 12.1 Å². The Balaban J connectivity index is 1.59. The van der Waals surface area contributed by atoms with Crippen LogP contribution in [0.1, 0.15) is 10.6 Å². The fraction of sp³-hybridized carbons (Fsp3) is 0.0526. The van der Waals surface area contributed by atoms with Crippen molar-refractivity contribution in [1.82, 2.24) is 0 Å². The van der Waals surface area contributed by atoms with E-state index in [0.29, 0.717) is 11.3 Å². The Labute approximate surface area is 157 Å². The Morgan fingerprint density at radius 3 is 2.46 bits per heavy atom. The number of hydrogen-bond donors (Lipinski definition) is 1. The molecule has 0 radical (unpaired) electrons. The number of rotatable bonds is 6. The minimum Gasteiger partial charge on any atom is -0.450 e. The van der Waals surface area contributed by atoms with Crippen molar-refractivity contribution < 1.29 is 28.1 Å². The number of non-ortho nitro benzene ring substituents is 1. The van der Waals surface area contributed by atoms with E-state index in [4.69, 9.17) is 9.15 Å². The molecule has 1 N–H and O–H groups in total. The maximum absolute atomic E-state index is 13.5. The zero-order valence-corrected chi connectivity index (χ0v) is 14.3. The lowest BCUT2D eigenvalue weighted by atomic mass is 10.1. The fourth-order valence-electron chi connectivity index (χ4n) is 2.30. The highest BCUT2D eigenvalue weighted by atomic mass is 19.1. The lowest BCUT2D eigenvalue weighted by Crippen LogP contribution is -2.21. The molecule has 0 atom stereocenters. The normalized spacial score (nSPS) is 10.3. The average molecular weight is 384 g/mol. The maximum Gasteiger partial charge on any atom is 0.374 e. The Hall–Kier alpha value is -4.01. The van der Waals surface area contributed by atoms with Crippen LogP contribution in [0.5, 0.6) is 0 Å². The quantitative estimate of drug-likeness (QED) is 0.393. The van der Waals surface area contributed by atoms with Crippen molar-refractivity contribution in [2.75, 3.05) is 11.9 Å². The molecule has 3 rings (SSSR count). The van der Waals surface area contributed by atoms with E-state index in [1.165, 1.54) is 54.6 Å². The summed E-state index contributed by atoms with van der Waals surface area (Å²) in [6.07, 6.45) is 0. The lowest BCUT2D eigenvalue weighted by molar-refractivity contribution is -0.384. The van der Waals surface area contributed by atoms with Gasteiger partial charge in [0.15, 0.2) is 6.61 Å². The number of carbonyl (C=O) groups excluding carboxylic acids is 2. The second-order valence-electron chi connectivity index (χ2n) is 5.57. The van der Waals surface area contributed by atoms with E-state index in [1.54, 1.807) is 6.07 Å². The topological polar surface area (TPSA) is 112 Å². The summed E-state index contributed by atoms with van der Waals surface area (Å²) in [7, 11) is 0. The summed E-state index contributed by atoms with van der Waals surface area (Å²) in [5.74, 6) is -2.04. The van der Waals surface area contributed by atoms with Gasteiger partial charge >= 0.3 is 5.97 Å². The summed E-state index contributed by atoms with van der Waals surface area (Å²) >= 11 is 0. The Morgan fingerprint density at radius 1 is 1.07 bits per heavy atom. The number of furan rings is 1. The first kappa shape index (κ1) is 18.8. The van der Waals surface area contributed by atoms with Gasteiger partial charge in [0, 0.05) is 17.7 Å². The molecule has 142 valence electrons. The third kappa shape index (κ3) is 4.39. The van der Waals surface area contributed by atoms with Crippen LogP contribution >= 0.6 is 0 Å². The molecule has 2 aromatic carbocycles. The van der Waals surface area contributed by atoms with E-state index in [9.17, 15) is 24.1 Å². The number of benzene rings is 2. The van der Waals surface area contributed by atoms with Crippen molar-refractivity contribution in [1.29, 1.82) is 0 Å². The second kappa shape index (κ2) is 8.12. The SMILES string of the molecule is O=C(COC(=O)c1ccc(-c2ccc([N+](=O)[O-])cc2)o1)Nc1ccccc1F. The van der Waals surface area contributed by atoms with E-state index in [0.717, 1.165) is 0 Å². The summed E-state index contributed by atoms with van der Waals surface area (Å²) in [6.45, 7) is -0.624. The van der Waals surface area contributed by atoms with Gasteiger partial charge in [0.1, 0.15) is 11.6 Å². The van der Waals surface area contributed by atoms with Gasteiger partial charge in [-0.25, -0.2) is 9.18 Å².